The monoisotopic (exact) mass is 1430 g/mol. The summed E-state index contributed by atoms with van der Waals surface area (Å²) in [6.07, 6.45) is 124. The zero-order valence-electron chi connectivity index (χ0n) is 66.0. The van der Waals surface area contributed by atoms with Gasteiger partial charge in [-0.1, -0.05) is 362 Å². The van der Waals surface area contributed by atoms with E-state index in [1.165, 1.54) is 141 Å². The van der Waals surface area contributed by atoms with E-state index < -0.39 is 26.5 Å². The third-order valence-corrected chi connectivity index (χ3v) is 18.1. The maximum absolute atomic E-state index is 12.9. The Morgan fingerprint density at radius 1 is 0.304 bits per heavy atom. The smallest absolute Gasteiger partial charge is 0.462 e. The Morgan fingerprint density at radius 3 is 0.784 bits per heavy atom. The minimum atomic E-state index is -4.41. The number of esters is 2. The fourth-order valence-corrected chi connectivity index (χ4v) is 11.7. The molecule has 10 heteroatoms. The Kier molecular flexibility index (Phi) is 75.9. The second-order valence-corrected chi connectivity index (χ2v) is 29.5. The molecule has 0 aromatic rings. The quantitative estimate of drug-likeness (QED) is 0.0211. The number of hydrogen-bond acceptors (Lipinski definition) is 7. The lowest BCUT2D eigenvalue weighted by Gasteiger charge is -2.24. The van der Waals surface area contributed by atoms with Gasteiger partial charge in [-0.25, -0.2) is 4.57 Å². The van der Waals surface area contributed by atoms with Crippen molar-refractivity contribution >= 4 is 19.8 Å². The molecular weight excluding hydrogens is 1280 g/mol. The SMILES string of the molecule is CC/C=C\C/C=C\C/C=C\C/C=C\C/C=C\C/C=C\C/C=C\C/C=C\C/C=C\CCCCCCCCCCCC(=O)OC(COC(=O)CCCCCCCCCCCCCCCCCCCCC/C=C\C/C=C\C/C=C\C/C=C\C/C=C\C/C=C\C/C=C\CC)COP(=O)(O)OCC[N+](C)(C)C. The Morgan fingerprint density at radius 2 is 0.529 bits per heavy atom. The van der Waals surface area contributed by atoms with Crippen LogP contribution in [-0.4, -0.2) is 74.9 Å². The summed E-state index contributed by atoms with van der Waals surface area (Å²) in [6.45, 7) is 4.20. The standard InChI is InChI=1S/C92H152NO8P/c1-6-8-10-12-14-16-18-20-22-24-26-28-30-32-34-36-38-40-42-44-45-46-47-49-50-52-54-56-58-60-62-64-66-68-70-72-74-76-78-80-82-84-91(94)98-88-90(89-100-102(96,97)99-87-86-93(3,4)5)101-92(95)85-83-81-79-77-75-73-71-69-67-65-63-61-59-57-55-53-51-48-43-41-39-37-35-33-31-29-27-25-23-21-19-17-15-13-11-9-7-2/h8-11,14-17,20-23,26-29,32-35,38-41,44-45,48,51,55,57,61,63,90H,6-7,12-13,18-19,24-25,30-31,36-37,42-43,46-47,49-50,52-54,56,58-60,62,64-89H2,1-5H3/p+1/b10-8-,11-9-,16-14-,17-15-,22-20-,23-21-,28-26-,29-27-,34-32-,35-33-,40-38-,41-39-,45-44-,51-48-,57-55-,63-61-. The molecule has 578 valence electrons. The number of ether oxygens (including phenoxy) is 2. The van der Waals surface area contributed by atoms with Crippen molar-refractivity contribution < 1.29 is 42.1 Å². The molecule has 0 aliphatic rings. The summed E-state index contributed by atoms with van der Waals surface area (Å²) in [5.74, 6) is -0.805. The molecule has 0 aromatic carbocycles. The minimum Gasteiger partial charge on any atom is -0.462 e. The topological polar surface area (TPSA) is 108 Å². The number of allylic oxidation sites excluding steroid dienone is 32. The number of hydrogen-bond donors (Lipinski definition) is 1. The van der Waals surface area contributed by atoms with Gasteiger partial charge in [-0.15, -0.1) is 0 Å². The molecule has 0 aliphatic heterocycles. The predicted molar refractivity (Wildman–Crippen MR) is 445 cm³/mol. The van der Waals surface area contributed by atoms with E-state index in [0.717, 1.165) is 148 Å². The molecule has 0 fully saturated rings. The van der Waals surface area contributed by atoms with E-state index in [2.05, 4.69) is 208 Å². The Labute approximate surface area is 628 Å². The number of unbranched alkanes of at least 4 members (excludes halogenated alkanes) is 28. The summed E-state index contributed by atoms with van der Waals surface area (Å²) in [4.78, 5) is 36.0. The van der Waals surface area contributed by atoms with E-state index in [1.54, 1.807) is 0 Å². The number of phosphoric ester groups is 1. The van der Waals surface area contributed by atoms with Gasteiger partial charge >= 0.3 is 19.8 Å². The van der Waals surface area contributed by atoms with Crippen molar-refractivity contribution in [2.75, 3.05) is 47.5 Å². The molecule has 2 unspecified atom stereocenters. The van der Waals surface area contributed by atoms with Crippen LogP contribution in [0.4, 0.5) is 0 Å². The third kappa shape index (κ3) is 83.8. The molecule has 0 amide bonds. The van der Waals surface area contributed by atoms with Gasteiger partial charge in [-0.2, -0.15) is 0 Å². The van der Waals surface area contributed by atoms with Gasteiger partial charge in [0.05, 0.1) is 27.7 Å². The summed E-state index contributed by atoms with van der Waals surface area (Å²) in [7, 11) is 1.46. The van der Waals surface area contributed by atoms with Gasteiger partial charge in [0.25, 0.3) is 0 Å². The third-order valence-electron chi connectivity index (χ3n) is 17.1. The van der Waals surface area contributed by atoms with E-state index in [1.807, 2.05) is 21.1 Å². The minimum absolute atomic E-state index is 0.0232. The van der Waals surface area contributed by atoms with E-state index >= 15 is 0 Å². The zero-order chi connectivity index (χ0) is 74.0. The Bertz CT molecular complexity index is 2440. The normalized spacial score (nSPS) is 14.1. The zero-order valence-corrected chi connectivity index (χ0v) is 66.9. The van der Waals surface area contributed by atoms with Crippen LogP contribution >= 0.6 is 7.82 Å². The molecule has 0 rings (SSSR count). The lowest BCUT2D eigenvalue weighted by atomic mass is 10.0. The van der Waals surface area contributed by atoms with Gasteiger partial charge in [0, 0.05) is 12.8 Å². The first-order valence-electron chi connectivity index (χ1n) is 41.2. The van der Waals surface area contributed by atoms with Crippen molar-refractivity contribution in [2.24, 2.45) is 0 Å². The van der Waals surface area contributed by atoms with E-state index in [0.29, 0.717) is 17.4 Å². The lowest BCUT2D eigenvalue weighted by Crippen LogP contribution is -2.37. The van der Waals surface area contributed by atoms with Crippen LogP contribution in [-0.2, 0) is 32.7 Å². The maximum atomic E-state index is 12.9. The number of carbonyl (C=O) groups excluding carboxylic acids is 2. The van der Waals surface area contributed by atoms with E-state index in [-0.39, 0.29) is 32.0 Å². The molecule has 102 heavy (non-hydrogen) atoms. The van der Waals surface area contributed by atoms with Gasteiger partial charge < -0.3 is 18.9 Å². The molecule has 0 spiro atoms. The maximum Gasteiger partial charge on any atom is 0.472 e. The molecule has 0 saturated heterocycles. The predicted octanol–water partition coefficient (Wildman–Crippen LogP) is 27.9. The molecule has 0 radical (unpaired) electrons. The van der Waals surface area contributed by atoms with Crippen molar-refractivity contribution in [2.45, 2.75) is 328 Å². The highest BCUT2D eigenvalue weighted by atomic mass is 31.2. The molecule has 2 atom stereocenters. The molecule has 0 aromatic heterocycles. The fraction of sp³-hybridized carbons (Fsp3) is 0.630. The van der Waals surface area contributed by atoms with Crippen molar-refractivity contribution in [1.29, 1.82) is 0 Å². The molecule has 0 heterocycles. The van der Waals surface area contributed by atoms with Gasteiger partial charge in [-0.3, -0.25) is 18.6 Å². The van der Waals surface area contributed by atoms with Crippen LogP contribution in [0.15, 0.2) is 194 Å². The van der Waals surface area contributed by atoms with Gasteiger partial charge in [0.15, 0.2) is 6.10 Å². The van der Waals surface area contributed by atoms with Crippen molar-refractivity contribution in [1.82, 2.24) is 0 Å². The Balaban J connectivity index is 4.02. The molecule has 1 N–H and O–H groups in total. The van der Waals surface area contributed by atoms with Gasteiger partial charge in [0.1, 0.15) is 19.8 Å². The Hall–Kier alpha value is -5.15. The fourth-order valence-electron chi connectivity index (χ4n) is 10.9. The number of rotatable bonds is 74. The van der Waals surface area contributed by atoms with Crippen molar-refractivity contribution in [3.8, 4) is 0 Å². The average molecular weight is 1430 g/mol. The van der Waals surface area contributed by atoms with Crippen LogP contribution in [0.2, 0.25) is 0 Å². The molecule has 0 bridgehead atoms. The first kappa shape index (κ1) is 96.8. The summed E-state index contributed by atoms with van der Waals surface area (Å²) in [5.41, 5.74) is 0. The number of quaternary nitrogens is 1. The van der Waals surface area contributed by atoms with Gasteiger partial charge in [0.2, 0.25) is 0 Å². The molecule has 0 saturated carbocycles. The first-order chi connectivity index (χ1) is 50.0. The number of nitrogens with zero attached hydrogens (tertiary/aromatic N) is 1. The lowest BCUT2D eigenvalue weighted by molar-refractivity contribution is -0.870. The summed E-state index contributed by atoms with van der Waals surface area (Å²) < 4.78 is 34.8. The highest BCUT2D eigenvalue weighted by molar-refractivity contribution is 7.47. The van der Waals surface area contributed by atoms with E-state index in [9.17, 15) is 19.0 Å². The van der Waals surface area contributed by atoms with Crippen molar-refractivity contribution in [3.05, 3.63) is 194 Å². The largest absolute Gasteiger partial charge is 0.472 e. The van der Waals surface area contributed by atoms with Crippen LogP contribution in [0.25, 0.3) is 0 Å². The number of likely N-dealkylation sites (N-methyl/N-ethyl adjacent to an activating group) is 1. The van der Waals surface area contributed by atoms with Crippen LogP contribution in [0.5, 0.6) is 0 Å². The molecule has 9 nitrogen and oxygen atoms in total. The highest BCUT2D eigenvalue weighted by Gasteiger charge is 2.27. The number of phosphoric acid groups is 1. The second-order valence-electron chi connectivity index (χ2n) is 28.0. The number of carbonyl (C=O) groups is 2. The highest BCUT2D eigenvalue weighted by Crippen LogP contribution is 2.43. The van der Waals surface area contributed by atoms with Crippen LogP contribution in [0.1, 0.15) is 322 Å². The average Bonchev–Trinajstić information content (AvgIpc) is 0.913. The molecule has 0 aliphatic carbocycles. The summed E-state index contributed by atoms with van der Waals surface area (Å²) in [6, 6.07) is 0. The summed E-state index contributed by atoms with van der Waals surface area (Å²) in [5, 5.41) is 0. The van der Waals surface area contributed by atoms with Crippen LogP contribution in [0.3, 0.4) is 0 Å². The van der Waals surface area contributed by atoms with Gasteiger partial charge in [-0.05, 0) is 141 Å². The molecular formula is C92H153NO8P+. The van der Waals surface area contributed by atoms with E-state index in [4.69, 9.17) is 18.5 Å². The first-order valence-corrected chi connectivity index (χ1v) is 42.7. The summed E-state index contributed by atoms with van der Waals surface area (Å²) >= 11 is 0. The van der Waals surface area contributed by atoms with Crippen molar-refractivity contribution in [3.63, 3.8) is 0 Å². The second kappa shape index (κ2) is 80.0. The van der Waals surface area contributed by atoms with Crippen LogP contribution < -0.4 is 0 Å². The van der Waals surface area contributed by atoms with Crippen LogP contribution in [0, 0.1) is 0 Å².